The minimum atomic E-state index is -0.662. The summed E-state index contributed by atoms with van der Waals surface area (Å²) < 4.78 is 5.27. The van der Waals surface area contributed by atoms with Crippen molar-refractivity contribution in [3.05, 3.63) is 48.0 Å². The number of carbonyl (C=O) groups is 1. The van der Waals surface area contributed by atoms with Crippen LogP contribution < -0.4 is 17.2 Å². The Labute approximate surface area is 135 Å². The highest BCUT2D eigenvalue weighted by atomic mass is 16.5. The van der Waals surface area contributed by atoms with E-state index in [2.05, 4.69) is 4.99 Å². The summed E-state index contributed by atoms with van der Waals surface area (Å²) in [6.45, 7) is 0.666. The van der Waals surface area contributed by atoms with E-state index in [1.54, 1.807) is 0 Å². The SMILES string of the molecule is NC(N)=NCCCC(N)C(=O)OCc1ccc2ccccc2c1. The van der Waals surface area contributed by atoms with Crippen molar-refractivity contribution < 1.29 is 9.53 Å². The highest BCUT2D eigenvalue weighted by Gasteiger charge is 2.14. The van der Waals surface area contributed by atoms with E-state index in [4.69, 9.17) is 21.9 Å². The zero-order chi connectivity index (χ0) is 16.7. The third kappa shape index (κ3) is 5.27. The summed E-state index contributed by atoms with van der Waals surface area (Å²) >= 11 is 0. The van der Waals surface area contributed by atoms with Crippen molar-refractivity contribution in [1.29, 1.82) is 0 Å². The van der Waals surface area contributed by atoms with Crippen molar-refractivity contribution in [3.8, 4) is 0 Å². The fourth-order valence-corrected chi connectivity index (χ4v) is 2.23. The fraction of sp³-hybridized carbons (Fsp3) is 0.294. The van der Waals surface area contributed by atoms with Crippen LogP contribution >= 0.6 is 0 Å². The van der Waals surface area contributed by atoms with Crippen LogP contribution in [0.1, 0.15) is 18.4 Å². The van der Waals surface area contributed by atoms with Crippen LogP contribution in [0.3, 0.4) is 0 Å². The molecule has 0 saturated carbocycles. The first-order chi connectivity index (χ1) is 11.1. The highest BCUT2D eigenvalue weighted by Crippen LogP contribution is 2.16. The Kier molecular flexibility index (Phi) is 5.94. The van der Waals surface area contributed by atoms with Gasteiger partial charge in [-0.15, -0.1) is 0 Å². The third-order valence-corrected chi connectivity index (χ3v) is 3.47. The fourth-order valence-electron chi connectivity index (χ4n) is 2.23. The molecule has 0 radical (unpaired) electrons. The lowest BCUT2D eigenvalue weighted by Crippen LogP contribution is -2.32. The Morgan fingerprint density at radius 3 is 2.61 bits per heavy atom. The number of aliphatic imine (C=N–C) groups is 1. The monoisotopic (exact) mass is 314 g/mol. The second-order valence-electron chi connectivity index (χ2n) is 5.34. The van der Waals surface area contributed by atoms with Gasteiger partial charge in [0.25, 0.3) is 0 Å². The van der Waals surface area contributed by atoms with Crippen LogP contribution in [0.25, 0.3) is 10.8 Å². The van der Waals surface area contributed by atoms with Crippen LogP contribution in [-0.4, -0.2) is 24.5 Å². The van der Waals surface area contributed by atoms with Crippen molar-refractivity contribution in [2.24, 2.45) is 22.2 Å². The number of hydrogen-bond acceptors (Lipinski definition) is 4. The van der Waals surface area contributed by atoms with E-state index in [1.807, 2.05) is 42.5 Å². The van der Waals surface area contributed by atoms with Gasteiger partial charge in [0.2, 0.25) is 0 Å². The van der Waals surface area contributed by atoms with Crippen molar-refractivity contribution in [2.45, 2.75) is 25.5 Å². The summed E-state index contributed by atoms with van der Waals surface area (Å²) in [6.07, 6.45) is 1.11. The minimum Gasteiger partial charge on any atom is -0.460 e. The molecule has 6 N–H and O–H groups in total. The zero-order valence-corrected chi connectivity index (χ0v) is 12.9. The lowest BCUT2D eigenvalue weighted by atomic mass is 10.1. The van der Waals surface area contributed by atoms with Gasteiger partial charge in [0.05, 0.1) is 0 Å². The maximum Gasteiger partial charge on any atom is 0.323 e. The summed E-state index contributed by atoms with van der Waals surface area (Å²) in [7, 11) is 0. The van der Waals surface area contributed by atoms with E-state index in [0.29, 0.717) is 19.4 Å². The first-order valence-corrected chi connectivity index (χ1v) is 7.51. The van der Waals surface area contributed by atoms with Gasteiger partial charge >= 0.3 is 5.97 Å². The first-order valence-electron chi connectivity index (χ1n) is 7.51. The second-order valence-corrected chi connectivity index (χ2v) is 5.34. The topological polar surface area (TPSA) is 117 Å². The van der Waals surface area contributed by atoms with Gasteiger partial charge in [0, 0.05) is 6.54 Å². The van der Waals surface area contributed by atoms with Gasteiger partial charge in [-0.1, -0.05) is 36.4 Å². The summed E-state index contributed by atoms with van der Waals surface area (Å²) in [5, 5.41) is 2.27. The zero-order valence-electron chi connectivity index (χ0n) is 12.9. The van der Waals surface area contributed by atoms with E-state index in [-0.39, 0.29) is 12.6 Å². The summed E-state index contributed by atoms with van der Waals surface area (Å²) in [5.74, 6) is -0.375. The molecule has 0 saturated heterocycles. The summed E-state index contributed by atoms with van der Waals surface area (Å²) in [6, 6.07) is 13.3. The van der Waals surface area contributed by atoms with Crippen molar-refractivity contribution >= 4 is 22.7 Å². The van der Waals surface area contributed by atoms with Gasteiger partial charge in [-0.25, -0.2) is 0 Å². The minimum absolute atomic E-state index is 0.0393. The average Bonchev–Trinajstić information content (AvgIpc) is 2.56. The molecule has 0 aliphatic carbocycles. The van der Waals surface area contributed by atoms with E-state index < -0.39 is 12.0 Å². The van der Waals surface area contributed by atoms with Crippen molar-refractivity contribution in [2.75, 3.05) is 6.54 Å². The molecule has 0 aliphatic rings. The molecule has 0 amide bonds. The average molecular weight is 314 g/mol. The smallest absolute Gasteiger partial charge is 0.323 e. The van der Waals surface area contributed by atoms with Gasteiger partial charge in [0.1, 0.15) is 12.6 Å². The number of esters is 1. The molecule has 0 fully saturated rings. The van der Waals surface area contributed by atoms with Crippen LogP contribution in [0.2, 0.25) is 0 Å². The standard InChI is InChI=1S/C17H22N4O2/c18-15(6-3-9-21-17(19)20)16(22)23-11-12-7-8-13-4-1-2-5-14(13)10-12/h1-2,4-5,7-8,10,15H,3,6,9,11,18H2,(H4,19,20,21). The molecule has 0 spiro atoms. The third-order valence-electron chi connectivity index (χ3n) is 3.47. The summed E-state index contributed by atoms with van der Waals surface area (Å²) in [5.41, 5.74) is 17.2. The number of benzene rings is 2. The molecule has 1 atom stereocenters. The molecule has 2 aromatic carbocycles. The van der Waals surface area contributed by atoms with E-state index in [9.17, 15) is 4.79 Å². The molecule has 2 aromatic rings. The quantitative estimate of drug-likeness (QED) is 0.308. The van der Waals surface area contributed by atoms with Crippen molar-refractivity contribution in [3.63, 3.8) is 0 Å². The molecular formula is C17H22N4O2. The molecule has 0 aliphatic heterocycles. The Bertz CT molecular complexity index is 696. The molecule has 0 aromatic heterocycles. The maximum atomic E-state index is 11.9. The largest absolute Gasteiger partial charge is 0.460 e. The number of guanidine groups is 1. The number of nitrogens with two attached hydrogens (primary N) is 3. The van der Waals surface area contributed by atoms with E-state index >= 15 is 0 Å². The van der Waals surface area contributed by atoms with Crippen LogP contribution in [0.5, 0.6) is 0 Å². The lowest BCUT2D eigenvalue weighted by molar-refractivity contribution is -0.146. The molecule has 0 heterocycles. The molecule has 6 heteroatoms. The van der Waals surface area contributed by atoms with Gasteiger partial charge < -0.3 is 21.9 Å². The Hall–Kier alpha value is -2.60. The number of nitrogens with zero attached hydrogens (tertiary/aromatic N) is 1. The maximum absolute atomic E-state index is 11.9. The van der Waals surface area contributed by atoms with E-state index in [1.165, 1.54) is 0 Å². The highest BCUT2D eigenvalue weighted by molar-refractivity contribution is 5.83. The molecule has 1 unspecified atom stereocenters. The molecule has 23 heavy (non-hydrogen) atoms. The lowest BCUT2D eigenvalue weighted by Gasteiger charge is -2.11. The number of ether oxygens (including phenoxy) is 1. The Balaban J connectivity index is 1.81. The molecular weight excluding hydrogens is 292 g/mol. The van der Waals surface area contributed by atoms with Crippen LogP contribution in [0.15, 0.2) is 47.5 Å². The van der Waals surface area contributed by atoms with Crippen molar-refractivity contribution in [1.82, 2.24) is 0 Å². The summed E-state index contributed by atoms with van der Waals surface area (Å²) in [4.78, 5) is 15.7. The van der Waals surface area contributed by atoms with E-state index in [0.717, 1.165) is 16.3 Å². The predicted octanol–water partition coefficient (Wildman–Crippen LogP) is 1.26. The van der Waals surface area contributed by atoms with Gasteiger partial charge in [0.15, 0.2) is 5.96 Å². The number of rotatable bonds is 7. The predicted molar refractivity (Wildman–Crippen MR) is 91.6 cm³/mol. The molecule has 122 valence electrons. The second kappa shape index (κ2) is 8.14. The number of carbonyl (C=O) groups excluding carboxylic acids is 1. The van der Waals surface area contributed by atoms with Crippen LogP contribution in [0, 0.1) is 0 Å². The number of fused-ring (bicyclic) bond motifs is 1. The van der Waals surface area contributed by atoms with Gasteiger partial charge in [-0.05, 0) is 35.2 Å². The molecule has 2 rings (SSSR count). The van der Waals surface area contributed by atoms with Gasteiger partial charge in [-0.2, -0.15) is 0 Å². The molecule has 0 bridgehead atoms. The van der Waals surface area contributed by atoms with Crippen LogP contribution in [-0.2, 0) is 16.1 Å². The Morgan fingerprint density at radius 2 is 1.87 bits per heavy atom. The van der Waals surface area contributed by atoms with Crippen LogP contribution in [0.4, 0.5) is 0 Å². The Morgan fingerprint density at radius 1 is 1.13 bits per heavy atom. The first kappa shape index (κ1) is 16.8. The normalized spacial score (nSPS) is 11.9. The van der Waals surface area contributed by atoms with Gasteiger partial charge in [-0.3, -0.25) is 9.79 Å². The molecule has 6 nitrogen and oxygen atoms in total. The number of hydrogen-bond donors (Lipinski definition) is 3.